The topological polar surface area (TPSA) is 20.2 Å². The third-order valence-electron chi connectivity index (χ3n) is 3.07. The van der Waals surface area contributed by atoms with Gasteiger partial charge in [-0.15, -0.1) is 0 Å². The number of unbranched alkanes of at least 4 members (excludes halogenated alkanes) is 7. The second-order valence-electron chi connectivity index (χ2n) is 4.91. The fourth-order valence-corrected chi connectivity index (χ4v) is 1.77. The molecular formula is C17H30O. The van der Waals surface area contributed by atoms with Crippen molar-refractivity contribution in [2.45, 2.75) is 72.1 Å². The number of aryl methyl sites for hydroxylation is 1. The van der Waals surface area contributed by atoms with Gasteiger partial charge in [-0.05, 0) is 18.6 Å². The van der Waals surface area contributed by atoms with Crippen LogP contribution in [-0.4, -0.2) is 5.11 Å². The van der Waals surface area contributed by atoms with Crippen LogP contribution in [0, 0.1) is 6.92 Å². The van der Waals surface area contributed by atoms with E-state index in [2.05, 4.69) is 13.8 Å². The van der Waals surface area contributed by atoms with Gasteiger partial charge in [-0.25, -0.2) is 0 Å². The molecule has 0 aliphatic carbocycles. The van der Waals surface area contributed by atoms with Gasteiger partial charge in [-0.3, -0.25) is 0 Å². The van der Waals surface area contributed by atoms with Crippen molar-refractivity contribution in [2.75, 3.05) is 0 Å². The predicted octanol–water partition coefficient (Wildman–Crippen LogP) is 5.85. The molecule has 1 aromatic rings. The molecule has 0 unspecified atom stereocenters. The van der Waals surface area contributed by atoms with Gasteiger partial charge in [0.15, 0.2) is 0 Å². The van der Waals surface area contributed by atoms with Crippen molar-refractivity contribution in [1.29, 1.82) is 0 Å². The predicted molar refractivity (Wildman–Crippen MR) is 81.1 cm³/mol. The van der Waals surface area contributed by atoms with Crippen molar-refractivity contribution >= 4 is 0 Å². The lowest BCUT2D eigenvalue weighted by Crippen LogP contribution is -1.77. The zero-order valence-corrected chi connectivity index (χ0v) is 12.4. The molecular weight excluding hydrogens is 220 g/mol. The minimum atomic E-state index is 0.368. The molecule has 1 aromatic carbocycles. The van der Waals surface area contributed by atoms with Crippen molar-refractivity contribution < 1.29 is 5.11 Å². The average molecular weight is 250 g/mol. The standard InChI is InChI=1S/C10H22.C7H8O/c1-3-5-7-9-10-8-6-4-2;1-6-4-2-3-5-7(6)8/h3-10H2,1-2H3;2-5,8H,1H3. The molecule has 0 amide bonds. The summed E-state index contributed by atoms with van der Waals surface area (Å²) in [4.78, 5) is 0. The lowest BCUT2D eigenvalue weighted by molar-refractivity contribution is 0.471. The van der Waals surface area contributed by atoms with E-state index in [1.807, 2.05) is 25.1 Å². The minimum Gasteiger partial charge on any atom is -0.508 e. The molecule has 18 heavy (non-hydrogen) atoms. The summed E-state index contributed by atoms with van der Waals surface area (Å²) >= 11 is 0. The second kappa shape index (κ2) is 12.5. The first-order chi connectivity index (χ1) is 8.72. The van der Waals surface area contributed by atoms with Crippen LogP contribution in [0.4, 0.5) is 0 Å². The highest BCUT2D eigenvalue weighted by Gasteiger charge is 1.88. The Morgan fingerprint density at radius 3 is 1.56 bits per heavy atom. The molecule has 1 nitrogen and oxygen atoms in total. The Morgan fingerprint density at radius 2 is 1.22 bits per heavy atom. The van der Waals surface area contributed by atoms with E-state index >= 15 is 0 Å². The minimum absolute atomic E-state index is 0.368. The molecule has 1 rings (SSSR count). The van der Waals surface area contributed by atoms with E-state index in [4.69, 9.17) is 5.11 Å². The Hall–Kier alpha value is -0.980. The van der Waals surface area contributed by atoms with Crippen molar-refractivity contribution in [1.82, 2.24) is 0 Å². The Morgan fingerprint density at radius 1 is 0.778 bits per heavy atom. The number of benzene rings is 1. The Labute approximate surface area is 113 Å². The maximum absolute atomic E-state index is 8.92. The summed E-state index contributed by atoms with van der Waals surface area (Å²) in [5.41, 5.74) is 0.924. The quantitative estimate of drug-likeness (QED) is 0.602. The summed E-state index contributed by atoms with van der Waals surface area (Å²) in [5.74, 6) is 0.368. The van der Waals surface area contributed by atoms with E-state index in [1.54, 1.807) is 6.07 Å². The molecule has 0 saturated heterocycles. The van der Waals surface area contributed by atoms with E-state index in [-0.39, 0.29) is 0 Å². The van der Waals surface area contributed by atoms with E-state index in [1.165, 1.54) is 51.4 Å². The number of para-hydroxylation sites is 1. The van der Waals surface area contributed by atoms with Crippen molar-refractivity contribution in [3.8, 4) is 5.75 Å². The molecule has 0 bridgehead atoms. The first kappa shape index (κ1) is 17.0. The molecule has 0 radical (unpaired) electrons. The SMILES string of the molecule is CCCCCCCCCC.Cc1ccccc1O. The van der Waals surface area contributed by atoms with E-state index in [0.717, 1.165) is 5.56 Å². The Balaban J connectivity index is 0.000000327. The molecule has 0 atom stereocenters. The third kappa shape index (κ3) is 10.2. The average Bonchev–Trinajstić information content (AvgIpc) is 2.38. The zero-order valence-electron chi connectivity index (χ0n) is 12.4. The summed E-state index contributed by atoms with van der Waals surface area (Å²) < 4.78 is 0. The van der Waals surface area contributed by atoms with Crippen LogP contribution in [0.5, 0.6) is 5.75 Å². The zero-order chi connectivity index (χ0) is 13.6. The van der Waals surface area contributed by atoms with Gasteiger partial charge in [0.1, 0.15) is 5.75 Å². The smallest absolute Gasteiger partial charge is 0.118 e. The fraction of sp³-hybridized carbons (Fsp3) is 0.647. The van der Waals surface area contributed by atoms with Crippen LogP contribution >= 0.6 is 0 Å². The second-order valence-corrected chi connectivity index (χ2v) is 4.91. The van der Waals surface area contributed by atoms with Gasteiger partial charge < -0.3 is 5.11 Å². The van der Waals surface area contributed by atoms with Crippen LogP contribution < -0.4 is 0 Å². The molecule has 0 spiro atoms. The van der Waals surface area contributed by atoms with Gasteiger partial charge in [-0.2, -0.15) is 0 Å². The van der Waals surface area contributed by atoms with Crippen LogP contribution in [0.25, 0.3) is 0 Å². The van der Waals surface area contributed by atoms with Gasteiger partial charge in [-0.1, -0.05) is 83.4 Å². The molecule has 104 valence electrons. The molecule has 0 aliphatic rings. The molecule has 0 aromatic heterocycles. The van der Waals surface area contributed by atoms with Crippen LogP contribution in [-0.2, 0) is 0 Å². The van der Waals surface area contributed by atoms with E-state index in [0.29, 0.717) is 5.75 Å². The molecule has 0 fully saturated rings. The summed E-state index contributed by atoms with van der Waals surface area (Å²) in [6.07, 6.45) is 11.5. The maximum atomic E-state index is 8.92. The lowest BCUT2D eigenvalue weighted by atomic mass is 10.1. The lowest BCUT2D eigenvalue weighted by Gasteiger charge is -1.97. The summed E-state index contributed by atoms with van der Waals surface area (Å²) in [6, 6.07) is 7.25. The number of hydrogen-bond acceptors (Lipinski definition) is 1. The highest BCUT2D eigenvalue weighted by atomic mass is 16.3. The normalized spacial score (nSPS) is 9.72. The molecule has 1 heteroatoms. The highest BCUT2D eigenvalue weighted by Crippen LogP contribution is 2.12. The van der Waals surface area contributed by atoms with Gasteiger partial charge >= 0.3 is 0 Å². The van der Waals surface area contributed by atoms with Crippen LogP contribution in [0.1, 0.15) is 70.8 Å². The Bertz CT molecular complexity index is 252. The van der Waals surface area contributed by atoms with Gasteiger partial charge in [0, 0.05) is 0 Å². The van der Waals surface area contributed by atoms with Crippen LogP contribution in [0.3, 0.4) is 0 Å². The number of phenols is 1. The van der Waals surface area contributed by atoms with Crippen molar-refractivity contribution in [3.63, 3.8) is 0 Å². The molecule has 1 N–H and O–H groups in total. The van der Waals surface area contributed by atoms with E-state index in [9.17, 15) is 0 Å². The van der Waals surface area contributed by atoms with Gasteiger partial charge in [0.25, 0.3) is 0 Å². The van der Waals surface area contributed by atoms with Crippen molar-refractivity contribution in [2.24, 2.45) is 0 Å². The molecule has 0 heterocycles. The number of aromatic hydroxyl groups is 1. The molecule has 0 saturated carbocycles. The number of phenolic OH excluding ortho intramolecular Hbond substituents is 1. The van der Waals surface area contributed by atoms with E-state index < -0.39 is 0 Å². The monoisotopic (exact) mass is 250 g/mol. The summed E-state index contributed by atoms with van der Waals surface area (Å²) in [5, 5.41) is 8.92. The first-order valence-corrected chi connectivity index (χ1v) is 7.47. The van der Waals surface area contributed by atoms with Gasteiger partial charge in [0.05, 0.1) is 0 Å². The van der Waals surface area contributed by atoms with Crippen molar-refractivity contribution in [3.05, 3.63) is 29.8 Å². The third-order valence-corrected chi connectivity index (χ3v) is 3.07. The van der Waals surface area contributed by atoms with Crippen LogP contribution in [0.15, 0.2) is 24.3 Å². The van der Waals surface area contributed by atoms with Gasteiger partial charge in [0.2, 0.25) is 0 Å². The number of rotatable bonds is 7. The summed E-state index contributed by atoms with van der Waals surface area (Å²) in [7, 11) is 0. The van der Waals surface area contributed by atoms with Crippen LogP contribution in [0.2, 0.25) is 0 Å². The highest BCUT2D eigenvalue weighted by molar-refractivity contribution is 5.29. The first-order valence-electron chi connectivity index (χ1n) is 7.47. The molecule has 0 aliphatic heterocycles. The Kier molecular flexibility index (Phi) is 11.8. The maximum Gasteiger partial charge on any atom is 0.118 e. The largest absolute Gasteiger partial charge is 0.508 e. The fourth-order valence-electron chi connectivity index (χ4n) is 1.77. The summed E-state index contributed by atoms with van der Waals surface area (Å²) in [6.45, 7) is 6.41. The number of hydrogen-bond donors (Lipinski definition) is 1.